The number of carbonyl (C=O) groups excluding carboxylic acids is 1. The molecular weight excluding hydrogens is 368 g/mol. The van der Waals surface area contributed by atoms with Crippen molar-refractivity contribution in [3.8, 4) is 11.4 Å². The van der Waals surface area contributed by atoms with Gasteiger partial charge < -0.3 is 9.47 Å². The maximum Gasteiger partial charge on any atom is 0.237 e. The molecule has 148 valence electrons. The Hall–Kier alpha value is -2.08. The second-order valence-electron chi connectivity index (χ2n) is 7.59. The summed E-state index contributed by atoms with van der Waals surface area (Å²) in [5.74, 6) is 1.51. The monoisotopic (exact) mass is 396 g/mol. The minimum atomic E-state index is 0.212. The van der Waals surface area contributed by atoms with E-state index in [4.69, 9.17) is 0 Å². The molecule has 6 heteroatoms. The largest absolute Gasteiger partial charge is 0.313 e. The molecule has 0 aliphatic heterocycles. The second-order valence-corrected chi connectivity index (χ2v) is 8.53. The smallest absolute Gasteiger partial charge is 0.237 e. The third-order valence-corrected chi connectivity index (χ3v) is 6.45. The average Bonchev–Trinajstić information content (AvgIpc) is 3.46. The van der Waals surface area contributed by atoms with Gasteiger partial charge >= 0.3 is 0 Å². The van der Waals surface area contributed by atoms with Gasteiger partial charge in [0, 0.05) is 23.8 Å². The Kier molecular flexibility index (Phi) is 5.85. The van der Waals surface area contributed by atoms with E-state index in [-0.39, 0.29) is 5.91 Å². The molecule has 0 unspecified atom stereocenters. The molecule has 0 saturated heterocycles. The van der Waals surface area contributed by atoms with Crippen LogP contribution < -0.4 is 0 Å². The van der Waals surface area contributed by atoms with Gasteiger partial charge in [0.15, 0.2) is 11.0 Å². The first-order valence-corrected chi connectivity index (χ1v) is 11.3. The number of hydrogen-bond donors (Lipinski definition) is 0. The first-order valence-electron chi connectivity index (χ1n) is 10.3. The lowest BCUT2D eigenvalue weighted by molar-refractivity contribution is -0.127. The van der Waals surface area contributed by atoms with Gasteiger partial charge in [-0.15, -0.1) is 10.2 Å². The summed E-state index contributed by atoms with van der Waals surface area (Å²) in [7, 11) is 0. The molecule has 28 heavy (non-hydrogen) atoms. The molecule has 1 aromatic carbocycles. The zero-order valence-corrected chi connectivity index (χ0v) is 17.5. The summed E-state index contributed by atoms with van der Waals surface area (Å²) in [5, 5.41) is 9.66. The van der Waals surface area contributed by atoms with Crippen molar-refractivity contribution >= 4 is 17.7 Å². The van der Waals surface area contributed by atoms with Crippen LogP contribution in [0.3, 0.4) is 0 Å². The maximum atomic E-state index is 13.0. The number of hydrogen-bond acceptors (Lipinski definition) is 4. The SMILES string of the molecule is CCn1c(SCC(=O)N(C2=CCCCC2)C2CC2)nnc1-c1ccccc1C. The lowest BCUT2D eigenvalue weighted by atomic mass is 10.0. The number of benzene rings is 1. The number of nitrogens with zero attached hydrogens (tertiary/aromatic N) is 4. The van der Waals surface area contributed by atoms with Crippen molar-refractivity contribution in [1.82, 2.24) is 19.7 Å². The summed E-state index contributed by atoms with van der Waals surface area (Å²) in [6, 6.07) is 8.65. The highest BCUT2D eigenvalue weighted by Gasteiger charge is 2.35. The van der Waals surface area contributed by atoms with Crippen LogP contribution in [0.2, 0.25) is 0 Å². The number of allylic oxidation sites excluding steroid dienone is 2. The predicted octanol–water partition coefficient (Wildman–Crippen LogP) is 4.81. The van der Waals surface area contributed by atoms with E-state index < -0.39 is 0 Å². The highest BCUT2D eigenvalue weighted by atomic mass is 32.2. The van der Waals surface area contributed by atoms with Crippen molar-refractivity contribution < 1.29 is 4.79 Å². The maximum absolute atomic E-state index is 13.0. The van der Waals surface area contributed by atoms with Gasteiger partial charge in [-0.2, -0.15) is 0 Å². The fourth-order valence-corrected chi connectivity index (χ4v) is 4.73. The Labute approximate surface area is 171 Å². The number of amides is 1. The zero-order valence-electron chi connectivity index (χ0n) is 16.7. The van der Waals surface area contributed by atoms with Crippen molar-refractivity contribution in [2.45, 2.75) is 70.1 Å². The van der Waals surface area contributed by atoms with Crippen LogP contribution in [0.25, 0.3) is 11.4 Å². The molecule has 1 aromatic heterocycles. The van der Waals surface area contributed by atoms with Gasteiger partial charge in [-0.3, -0.25) is 4.79 Å². The van der Waals surface area contributed by atoms with Crippen LogP contribution in [0.1, 0.15) is 51.0 Å². The predicted molar refractivity (Wildman–Crippen MR) is 113 cm³/mol. The third-order valence-electron chi connectivity index (χ3n) is 5.50. The summed E-state index contributed by atoms with van der Waals surface area (Å²) in [6.45, 7) is 4.97. The molecule has 5 nitrogen and oxygen atoms in total. The van der Waals surface area contributed by atoms with Crippen LogP contribution in [-0.2, 0) is 11.3 Å². The van der Waals surface area contributed by atoms with Gasteiger partial charge in [-0.1, -0.05) is 42.1 Å². The van der Waals surface area contributed by atoms with Gasteiger partial charge in [0.25, 0.3) is 0 Å². The van der Waals surface area contributed by atoms with E-state index in [9.17, 15) is 4.79 Å². The Bertz CT molecular complexity index is 884. The van der Waals surface area contributed by atoms with E-state index in [1.807, 2.05) is 12.1 Å². The fraction of sp³-hybridized carbons (Fsp3) is 0.500. The lowest BCUT2D eigenvalue weighted by Gasteiger charge is -2.27. The van der Waals surface area contributed by atoms with E-state index in [0.29, 0.717) is 11.8 Å². The molecule has 1 saturated carbocycles. The number of rotatable bonds is 7. The summed E-state index contributed by atoms with van der Waals surface area (Å²) in [5.41, 5.74) is 3.53. The molecule has 1 fully saturated rings. The van der Waals surface area contributed by atoms with Gasteiger partial charge in [0.05, 0.1) is 5.75 Å². The van der Waals surface area contributed by atoms with Gasteiger partial charge in [0.1, 0.15) is 0 Å². The van der Waals surface area contributed by atoms with Crippen LogP contribution >= 0.6 is 11.8 Å². The summed E-state index contributed by atoms with van der Waals surface area (Å²) >= 11 is 1.51. The van der Waals surface area contributed by atoms with E-state index in [0.717, 1.165) is 48.8 Å². The number of carbonyl (C=O) groups is 1. The minimum absolute atomic E-state index is 0.212. The topological polar surface area (TPSA) is 51.0 Å². The first kappa shape index (κ1) is 19.2. The molecule has 0 bridgehead atoms. The molecule has 4 rings (SSSR count). The van der Waals surface area contributed by atoms with Crippen molar-refractivity contribution in [2.24, 2.45) is 0 Å². The number of aryl methyl sites for hydroxylation is 1. The van der Waals surface area contributed by atoms with Crippen molar-refractivity contribution in [3.05, 3.63) is 41.6 Å². The Morgan fingerprint density at radius 1 is 1.25 bits per heavy atom. The van der Waals surface area contributed by atoms with E-state index in [1.165, 1.54) is 35.9 Å². The van der Waals surface area contributed by atoms with Crippen LogP contribution in [0.15, 0.2) is 41.2 Å². The molecule has 1 heterocycles. The number of thioether (sulfide) groups is 1. The van der Waals surface area contributed by atoms with Gasteiger partial charge in [-0.25, -0.2) is 0 Å². The quantitative estimate of drug-likeness (QED) is 0.630. The molecular formula is C22H28N4OS. The molecule has 2 aromatic rings. The van der Waals surface area contributed by atoms with Gasteiger partial charge in [-0.05, 0) is 57.9 Å². The highest BCUT2D eigenvalue weighted by molar-refractivity contribution is 7.99. The van der Waals surface area contributed by atoms with Crippen LogP contribution in [0, 0.1) is 6.92 Å². The summed E-state index contributed by atoms with van der Waals surface area (Å²) in [4.78, 5) is 15.1. The molecule has 2 aliphatic rings. The Morgan fingerprint density at radius 3 is 2.75 bits per heavy atom. The van der Waals surface area contributed by atoms with Crippen molar-refractivity contribution in [1.29, 1.82) is 0 Å². The van der Waals surface area contributed by atoms with E-state index >= 15 is 0 Å². The molecule has 0 atom stereocenters. The first-order chi connectivity index (χ1) is 13.7. The fourth-order valence-electron chi connectivity index (χ4n) is 3.87. The minimum Gasteiger partial charge on any atom is -0.313 e. The van der Waals surface area contributed by atoms with E-state index in [2.05, 4.69) is 51.7 Å². The number of aromatic nitrogens is 3. The Balaban J connectivity index is 1.49. The molecule has 2 aliphatic carbocycles. The molecule has 1 amide bonds. The van der Waals surface area contributed by atoms with E-state index in [1.54, 1.807) is 0 Å². The normalized spacial score (nSPS) is 16.7. The standard InChI is InChI=1S/C22H28N4OS/c1-3-25-21(19-12-8-7-9-16(19)2)23-24-22(25)28-15-20(27)26(18-13-14-18)17-10-5-4-6-11-17/h7-10,12,18H,3-6,11,13-15H2,1-2H3. The van der Waals surface area contributed by atoms with Crippen molar-refractivity contribution in [2.75, 3.05) is 5.75 Å². The van der Waals surface area contributed by atoms with Crippen LogP contribution in [0.5, 0.6) is 0 Å². The highest BCUT2D eigenvalue weighted by Crippen LogP contribution is 2.35. The third kappa shape index (κ3) is 4.02. The second kappa shape index (κ2) is 8.52. The van der Waals surface area contributed by atoms with Crippen LogP contribution in [-0.4, -0.2) is 37.4 Å². The molecule has 0 N–H and O–H groups in total. The van der Waals surface area contributed by atoms with Crippen molar-refractivity contribution in [3.63, 3.8) is 0 Å². The Morgan fingerprint density at radius 2 is 2.07 bits per heavy atom. The lowest BCUT2D eigenvalue weighted by Crippen LogP contribution is -2.34. The molecule has 0 spiro atoms. The zero-order chi connectivity index (χ0) is 19.5. The summed E-state index contributed by atoms with van der Waals surface area (Å²) in [6.07, 6.45) is 9.12. The summed E-state index contributed by atoms with van der Waals surface area (Å²) < 4.78 is 2.11. The van der Waals surface area contributed by atoms with Crippen LogP contribution in [0.4, 0.5) is 0 Å². The molecule has 0 radical (unpaired) electrons. The average molecular weight is 397 g/mol. The van der Waals surface area contributed by atoms with Gasteiger partial charge in [0.2, 0.25) is 5.91 Å².